The molecule has 1 aromatic rings. The summed E-state index contributed by atoms with van der Waals surface area (Å²) >= 11 is 0. The minimum atomic E-state index is -1.69. The quantitative estimate of drug-likeness (QED) is 0.814. The Morgan fingerprint density at radius 2 is 1.94 bits per heavy atom. The van der Waals surface area contributed by atoms with E-state index in [4.69, 9.17) is 5.11 Å². The standard InChI is InChI=1S/C12H14F3NO2/c1-3-12(2,6-17)16-11(18)7-4-5-8(13)10(15)9(7)14/h4-5,17H,3,6H2,1-2H3,(H,16,18). The van der Waals surface area contributed by atoms with Crippen molar-refractivity contribution in [2.24, 2.45) is 0 Å². The number of hydrogen-bond acceptors (Lipinski definition) is 2. The Labute approximate surface area is 103 Å². The molecule has 1 rings (SSSR count). The van der Waals surface area contributed by atoms with Crippen molar-refractivity contribution < 1.29 is 23.1 Å². The lowest BCUT2D eigenvalue weighted by Gasteiger charge is -2.27. The first kappa shape index (κ1) is 14.5. The maximum Gasteiger partial charge on any atom is 0.254 e. The molecule has 6 heteroatoms. The van der Waals surface area contributed by atoms with E-state index in [9.17, 15) is 18.0 Å². The Morgan fingerprint density at radius 1 is 1.33 bits per heavy atom. The van der Waals surface area contributed by atoms with Gasteiger partial charge in [-0.25, -0.2) is 13.2 Å². The Bertz CT molecular complexity index is 459. The number of hydrogen-bond donors (Lipinski definition) is 2. The first-order valence-electron chi connectivity index (χ1n) is 5.41. The van der Waals surface area contributed by atoms with Gasteiger partial charge in [-0.15, -0.1) is 0 Å². The first-order chi connectivity index (χ1) is 8.34. The van der Waals surface area contributed by atoms with Crippen LogP contribution in [-0.2, 0) is 0 Å². The minimum absolute atomic E-state index is 0.347. The molecule has 3 nitrogen and oxygen atoms in total. The van der Waals surface area contributed by atoms with Crippen LogP contribution >= 0.6 is 0 Å². The molecule has 18 heavy (non-hydrogen) atoms. The van der Waals surface area contributed by atoms with Crippen LogP contribution in [0.15, 0.2) is 12.1 Å². The Balaban J connectivity index is 3.02. The van der Waals surface area contributed by atoms with Crippen LogP contribution in [0.1, 0.15) is 30.6 Å². The molecule has 1 aromatic carbocycles. The molecule has 0 bridgehead atoms. The number of nitrogens with one attached hydrogen (secondary N) is 1. The van der Waals surface area contributed by atoms with Crippen molar-refractivity contribution in [3.8, 4) is 0 Å². The molecule has 0 radical (unpaired) electrons. The molecule has 1 amide bonds. The summed E-state index contributed by atoms with van der Waals surface area (Å²) in [6.45, 7) is 2.93. The van der Waals surface area contributed by atoms with Gasteiger partial charge in [0.05, 0.1) is 17.7 Å². The van der Waals surface area contributed by atoms with Crippen LogP contribution < -0.4 is 5.32 Å². The Kier molecular flexibility index (Phi) is 4.34. The van der Waals surface area contributed by atoms with E-state index in [1.807, 2.05) is 0 Å². The molecule has 1 unspecified atom stereocenters. The molecule has 0 saturated carbocycles. The van der Waals surface area contributed by atoms with Crippen LogP contribution in [0.4, 0.5) is 13.2 Å². The molecule has 0 saturated heterocycles. The molecule has 0 aromatic heterocycles. The van der Waals surface area contributed by atoms with Crippen molar-refractivity contribution >= 4 is 5.91 Å². The second-order valence-corrected chi connectivity index (χ2v) is 4.25. The molecular weight excluding hydrogens is 247 g/mol. The average molecular weight is 261 g/mol. The fraction of sp³-hybridized carbons (Fsp3) is 0.417. The van der Waals surface area contributed by atoms with Crippen LogP contribution in [0.2, 0.25) is 0 Å². The monoisotopic (exact) mass is 261 g/mol. The van der Waals surface area contributed by atoms with Gasteiger partial charge in [0.1, 0.15) is 0 Å². The summed E-state index contributed by atoms with van der Waals surface area (Å²) in [5, 5.41) is 11.5. The molecule has 0 fully saturated rings. The zero-order valence-electron chi connectivity index (χ0n) is 10.1. The number of rotatable bonds is 4. The summed E-state index contributed by atoms with van der Waals surface area (Å²) in [5.41, 5.74) is -1.53. The van der Waals surface area contributed by atoms with Crippen molar-refractivity contribution in [2.45, 2.75) is 25.8 Å². The largest absolute Gasteiger partial charge is 0.394 e. The number of amides is 1. The second-order valence-electron chi connectivity index (χ2n) is 4.25. The average Bonchev–Trinajstić information content (AvgIpc) is 2.35. The topological polar surface area (TPSA) is 49.3 Å². The summed E-state index contributed by atoms with van der Waals surface area (Å²) < 4.78 is 39.0. The van der Waals surface area contributed by atoms with E-state index in [1.165, 1.54) is 0 Å². The normalized spacial score (nSPS) is 14.1. The van der Waals surface area contributed by atoms with Gasteiger partial charge in [-0.1, -0.05) is 6.92 Å². The van der Waals surface area contributed by atoms with Gasteiger partial charge in [0.15, 0.2) is 17.5 Å². The lowest BCUT2D eigenvalue weighted by atomic mass is 9.99. The van der Waals surface area contributed by atoms with Crippen molar-refractivity contribution in [1.82, 2.24) is 5.32 Å². The second kappa shape index (κ2) is 5.39. The molecular formula is C12H14F3NO2. The summed E-state index contributed by atoms with van der Waals surface area (Å²) in [5.74, 6) is -5.48. The van der Waals surface area contributed by atoms with Gasteiger partial charge in [-0.05, 0) is 25.5 Å². The molecule has 2 N–H and O–H groups in total. The highest BCUT2D eigenvalue weighted by atomic mass is 19.2. The fourth-order valence-electron chi connectivity index (χ4n) is 1.28. The van der Waals surface area contributed by atoms with Crippen molar-refractivity contribution in [3.05, 3.63) is 35.1 Å². The molecule has 0 heterocycles. The highest BCUT2D eigenvalue weighted by molar-refractivity contribution is 5.95. The van der Waals surface area contributed by atoms with E-state index < -0.39 is 34.5 Å². The number of halogens is 3. The number of carbonyl (C=O) groups excluding carboxylic acids is 1. The molecule has 0 aliphatic rings. The van der Waals surface area contributed by atoms with Crippen molar-refractivity contribution in [1.29, 1.82) is 0 Å². The van der Waals surface area contributed by atoms with Gasteiger partial charge in [-0.3, -0.25) is 4.79 Å². The van der Waals surface area contributed by atoms with E-state index in [0.29, 0.717) is 12.5 Å². The van der Waals surface area contributed by atoms with E-state index >= 15 is 0 Å². The summed E-state index contributed by atoms with van der Waals surface area (Å²) in [6, 6.07) is 1.53. The van der Waals surface area contributed by atoms with Gasteiger partial charge in [-0.2, -0.15) is 0 Å². The van der Waals surface area contributed by atoms with Gasteiger partial charge < -0.3 is 10.4 Å². The fourth-order valence-corrected chi connectivity index (χ4v) is 1.28. The lowest BCUT2D eigenvalue weighted by molar-refractivity contribution is 0.0842. The lowest BCUT2D eigenvalue weighted by Crippen LogP contribution is -2.48. The molecule has 0 aliphatic carbocycles. The van der Waals surface area contributed by atoms with Gasteiger partial charge in [0, 0.05) is 0 Å². The summed E-state index contributed by atoms with van der Waals surface area (Å²) in [7, 11) is 0. The van der Waals surface area contributed by atoms with E-state index in [1.54, 1.807) is 13.8 Å². The van der Waals surface area contributed by atoms with Gasteiger partial charge in [0.25, 0.3) is 5.91 Å². The third-order valence-corrected chi connectivity index (χ3v) is 2.82. The number of carbonyl (C=O) groups is 1. The Hall–Kier alpha value is -1.56. The minimum Gasteiger partial charge on any atom is -0.394 e. The zero-order valence-corrected chi connectivity index (χ0v) is 10.1. The van der Waals surface area contributed by atoms with Crippen LogP contribution in [-0.4, -0.2) is 23.2 Å². The molecule has 1 atom stereocenters. The van der Waals surface area contributed by atoms with E-state index in [2.05, 4.69) is 5.32 Å². The predicted octanol–water partition coefficient (Wildman–Crippen LogP) is 1.99. The number of aliphatic hydroxyl groups is 1. The van der Waals surface area contributed by atoms with Crippen LogP contribution in [0.3, 0.4) is 0 Å². The molecule has 0 spiro atoms. The number of aliphatic hydroxyl groups excluding tert-OH is 1. The SMILES string of the molecule is CCC(C)(CO)NC(=O)c1ccc(F)c(F)c1F. The predicted molar refractivity (Wildman–Crippen MR) is 59.6 cm³/mol. The van der Waals surface area contributed by atoms with E-state index in [-0.39, 0.29) is 6.61 Å². The highest BCUT2D eigenvalue weighted by Gasteiger charge is 2.26. The third kappa shape index (κ3) is 2.81. The molecule has 100 valence electrons. The Morgan fingerprint density at radius 3 is 2.44 bits per heavy atom. The molecule has 0 aliphatic heterocycles. The van der Waals surface area contributed by atoms with Crippen molar-refractivity contribution in [3.63, 3.8) is 0 Å². The van der Waals surface area contributed by atoms with Gasteiger partial charge >= 0.3 is 0 Å². The van der Waals surface area contributed by atoms with Crippen LogP contribution in [0.25, 0.3) is 0 Å². The van der Waals surface area contributed by atoms with E-state index in [0.717, 1.165) is 6.07 Å². The maximum absolute atomic E-state index is 13.4. The third-order valence-electron chi connectivity index (χ3n) is 2.82. The highest BCUT2D eigenvalue weighted by Crippen LogP contribution is 2.17. The van der Waals surface area contributed by atoms with Gasteiger partial charge in [0.2, 0.25) is 0 Å². The zero-order chi connectivity index (χ0) is 13.9. The summed E-state index contributed by atoms with van der Waals surface area (Å²) in [6.07, 6.45) is 0.403. The van der Waals surface area contributed by atoms with Crippen LogP contribution in [0.5, 0.6) is 0 Å². The van der Waals surface area contributed by atoms with Crippen molar-refractivity contribution in [2.75, 3.05) is 6.61 Å². The maximum atomic E-state index is 13.4. The van der Waals surface area contributed by atoms with Crippen LogP contribution in [0, 0.1) is 17.5 Å². The number of benzene rings is 1. The first-order valence-corrected chi connectivity index (χ1v) is 5.41. The summed E-state index contributed by atoms with van der Waals surface area (Å²) in [4.78, 5) is 11.7. The smallest absolute Gasteiger partial charge is 0.254 e.